The largest absolute Gasteiger partial charge is 0.272 e. The first-order valence-corrected chi connectivity index (χ1v) is 8.07. The number of rotatable bonds is 3. The quantitative estimate of drug-likeness (QED) is 0.869. The lowest BCUT2D eigenvalue weighted by Gasteiger charge is -2.20. The van der Waals surface area contributed by atoms with E-state index in [2.05, 4.69) is 44.1 Å². The molecule has 0 N–H and O–H groups in total. The Morgan fingerprint density at radius 2 is 1.95 bits per heavy atom. The van der Waals surface area contributed by atoms with E-state index in [4.69, 9.17) is 0 Å². The second kappa shape index (κ2) is 5.52. The first-order valence-electron chi connectivity index (χ1n) is 6.75. The highest BCUT2D eigenvalue weighted by Gasteiger charge is 2.17. The smallest absolute Gasteiger partial charge is 0.0702 e. The van der Waals surface area contributed by atoms with Gasteiger partial charge in [0, 0.05) is 18.1 Å². The van der Waals surface area contributed by atoms with E-state index in [-0.39, 0.29) is 5.41 Å². The molecule has 108 valence electrons. The summed E-state index contributed by atoms with van der Waals surface area (Å²) >= 11 is 0. The van der Waals surface area contributed by atoms with Crippen molar-refractivity contribution in [2.24, 2.45) is 7.05 Å². The SMILES string of the molecule is Cc1ccc(C(C)(C)C)cc1[S@@](=O)Cc1ccnn1C. The van der Waals surface area contributed by atoms with Crippen molar-refractivity contribution in [2.45, 2.75) is 43.8 Å². The number of hydrogen-bond acceptors (Lipinski definition) is 2. The molecule has 0 amide bonds. The van der Waals surface area contributed by atoms with E-state index in [1.54, 1.807) is 10.9 Å². The fourth-order valence-electron chi connectivity index (χ4n) is 2.07. The summed E-state index contributed by atoms with van der Waals surface area (Å²) in [5, 5.41) is 4.12. The molecule has 0 bridgehead atoms. The summed E-state index contributed by atoms with van der Waals surface area (Å²) in [6, 6.07) is 8.19. The van der Waals surface area contributed by atoms with Gasteiger partial charge in [0.1, 0.15) is 0 Å². The zero-order chi connectivity index (χ0) is 14.9. The molecule has 1 aromatic carbocycles. The van der Waals surface area contributed by atoms with Crippen LogP contribution in [0.3, 0.4) is 0 Å². The third kappa shape index (κ3) is 3.18. The molecule has 0 aliphatic rings. The van der Waals surface area contributed by atoms with Gasteiger partial charge in [-0.2, -0.15) is 5.10 Å². The molecule has 0 radical (unpaired) electrons. The Hall–Kier alpha value is -1.42. The molecule has 2 aromatic rings. The van der Waals surface area contributed by atoms with Crippen molar-refractivity contribution in [1.29, 1.82) is 0 Å². The van der Waals surface area contributed by atoms with Crippen molar-refractivity contribution in [1.82, 2.24) is 9.78 Å². The van der Waals surface area contributed by atoms with E-state index in [1.807, 2.05) is 20.0 Å². The molecule has 0 aliphatic carbocycles. The van der Waals surface area contributed by atoms with Crippen molar-refractivity contribution in [3.63, 3.8) is 0 Å². The van der Waals surface area contributed by atoms with Gasteiger partial charge in [-0.25, -0.2) is 0 Å². The maximum atomic E-state index is 12.6. The van der Waals surface area contributed by atoms with Crippen molar-refractivity contribution in [3.05, 3.63) is 47.3 Å². The molecule has 1 atom stereocenters. The molecule has 1 heterocycles. The van der Waals surface area contributed by atoms with Crippen molar-refractivity contribution >= 4 is 10.8 Å². The van der Waals surface area contributed by atoms with Gasteiger partial charge in [0.05, 0.1) is 22.2 Å². The van der Waals surface area contributed by atoms with Crippen LogP contribution in [0.15, 0.2) is 35.4 Å². The predicted molar refractivity (Wildman–Crippen MR) is 83.2 cm³/mol. The Labute approximate surface area is 123 Å². The lowest BCUT2D eigenvalue weighted by Crippen LogP contribution is -2.12. The molecule has 0 spiro atoms. The van der Waals surface area contributed by atoms with E-state index < -0.39 is 10.8 Å². The van der Waals surface area contributed by atoms with Crippen molar-refractivity contribution in [2.75, 3.05) is 0 Å². The predicted octanol–water partition coefficient (Wildman–Crippen LogP) is 3.33. The number of nitrogens with zero attached hydrogens (tertiary/aromatic N) is 2. The zero-order valence-electron chi connectivity index (χ0n) is 12.8. The molecule has 0 unspecified atom stereocenters. The average Bonchev–Trinajstić information content (AvgIpc) is 2.74. The van der Waals surface area contributed by atoms with Crippen LogP contribution in [0.25, 0.3) is 0 Å². The average molecular weight is 290 g/mol. The third-order valence-corrected chi connectivity index (χ3v) is 4.99. The molecule has 0 saturated carbocycles. The summed E-state index contributed by atoms with van der Waals surface area (Å²) in [5.41, 5.74) is 3.36. The highest BCUT2D eigenvalue weighted by molar-refractivity contribution is 7.84. The Bertz CT molecular complexity index is 638. The molecule has 20 heavy (non-hydrogen) atoms. The molecule has 1 aromatic heterocycles. The van der Waals surface area contributed by atoms with Crippen LogP contribution in [0, 0.1) is 6.92 Å². The van der Waals surface area contributed by atoms with Crippen LogP contribution in [0.4, 0.5) is 0 Å². The molecule has 2 rings (SSSR count). The minimum absolute atomic E-state index is 0.0686. The molecular weight excluding hydrogens is 268 g/mol. The monoisotopic (exact) mass is 290 g/mol. The van der Waals surface area contributed by atoms with Crippen LogP contribution < -0.4 is 0 Å². The second-order valence-electron chi connectivity index (χ2n) is 6.17. The number of aromatic nitrogens is 2. The van der Waals surface area contributed by atoms with Gasteiger partial charge in [0.15, 0.2) is 0 Å². The normalized spacial score (nSPS) is 13.4. The molecule has 4 heteroatoms. The minimum Gasteiger partial charge on any atom is -0.272 e. The highest BCUT2D eigenvalue weighted by atomic mass is 32.2. The summed E-state index contributed by atoms with van der Waals surface area (Å²) in [7, 11) is 0.839. The van der Waals surface area contributed by atoms with Crippen molar-refractivity contribution in [3.8, 4) is 0 Å². The first kappa shape index (κ1) is 15.0. The Kier molecular flexibility index (Phi) is 4.14. The van der Waals surface area contributed by atoms with Gasteiger partial charge in [0.2, 0.25) is 0 Å². The fraction of sp³-hybridized carbons (Fsp3) is 0.438. The van der Waals surface area contributed by atoms with E-state index in [0.717, 1.165) is 16.2 Å². The number of hydrogen-bond donors (Lipinski definition) is 0. The van der Waals surface area contributed by atoms with E-state index in [9.17, 15) is 4.21 Å². The molecule has 0 saturated heterocycles. The molecular formula is C16H22N2OS. The van der Waals surface area contributed by atoms with Gasteiger partial charge in [-0.05, 0) is 35.6 Å². The Morgan fingerprint density at radius 3 is 2.50 bits per heavy atom. The van der Waals surface area contributed by atoms with Crippen LogP contribution >= 0.6 is 0 Å². The van der Waals surface area contributed by atoms with E-state index >= 15 is 0 Å². The zero-order valence-corrected chi connectivity index (χ0v) is 13.6. The second-order valence-corrected chi connectivity index (χ2v) is 7.59. The summed E-state index contributed by atoms with van der Waals surface area (Å²) in [5.74, 6) is 0.505. The summed E-state index contributed by atoms with van der Waals surface area (Å²) in [6.07, 6.45) is 1.74. The lowest BCUT2D eigenvalue weighted by atomic mass is 9.87. The van der Waals surface area contributed by atoms with Crippen LogP contribution in [0.2, 0.25) is 0 Å². The van der Waals surface area contributed by atoms with Gasteiger partial charge in [-0.15, -0.1) is 0 Å². The van der Waals surface area contributed by atoms with Crippen LogP contribution in [-0.4, -0.2) is 14.0 Å². The molecule has 0 aliphatic heterocycles. The van der Waals surface area contributed by atoms with Crippen LogP contribution in [0.5, 0.6) is 0 Å². The summed E-state index contributed by atoms with van der Waals surface area (Å²) in [4.78, 5) is 0.929. The maximum Gasteiger partial charge on any atom is 0.0702 e. The number of benzene rings is 1. The number of aryl methyl sites for hydroxylation is 2. The van der Waals surface area contributed by atoms with E-state index in [0.29, 0.717) is 5.75 Å². The van der Waals surface area contributed by atoms with Crippen LogP contribution in [-0.2, 0) is 29.0 Å². The van der Waals surface area contributed by atoms with E-state index in [1.165, 1.54) is 5.56 Å². The van der Waals surface area contributed by atoms with Crippen LogP contribution in [0.1, 0.15) is 37.6 Å². The highest BCUT2D eigenvalue weighted by Crippen LogP contribution is 2.26. The standard InChI is InChI=1S/C16H22N2OS/c1-12-6-7-13(16(2,3)4)10-15(12)20(19)11-14-8-9-17-18(14)5/h6-10H,11H2,1-5H3/t20-/m0/s1. The van der Waals surface area contributed by atoms with Gasteiger partial charge >= 0.3 is 0 Å². The summed E-state index contributed by atoms with van der Waals surface area (Å²) < 4.78 is 14.4. The lowest BCUT2D eigenvalue weighted by molar-refractivity contribution is 0.588. The van der Waals surface area contributed by atoms with Crippen molar-refractivity contribution < 1.29 is 4.21 Å². The summed E-state index contributed by atoms with van der Waals surface area (Å²) in [6.45, 7) is 8.53. The topological polar surface area (TPSA) is 34.9 Å². The Balaban J connectivity index is 2.32. The van der Waals surface area contributed by atoms with Gasteiger partial charge < -0.3 is 0 Å². The molecule has 3 nitrogen and oxygen atoms in total. The minimum atomic E-state index is -1.04. The van der Waals surface area contributed by atoms with Gasteiger partial charge in [0.25, 0.3) is 0 Å². The first-order chi connectivity index (χ1) is 9.29. The van der Waals surface area contributed by atoms with Gasteiger partial charge in [-0.1, -0.05) is 32.9 Å². The fourth-order valence-corrected chi connectivity index (χ4v) is 3.46. The van der Waals surface area contributed by atoms with Gasteiger partial charge in [-0.3, -0.25) is 8.89 Å². The maximum absolute atomic E-state index is 12.6. The Morgan fingerprint density at radius 1 is 1.25 bits per heavy atom. The molecule has 0 fully saturated rings. The third-order valence-electron chi connectivity index (χ3n) is 3.50.